The van der Waals surface area contributed by atoms with Gasteiger partial charge >= 0.3 is 0 Å². The first kappa shape index (κ1) is 16.6. The maximum absolute atomic E-state index is 12.6. The van der Waals surface area contributed by atoms with E-state index in [1.54, 1.807) is 17.5 Å². The molecule has 1 atom stereocenters. The van der Waals surface area contributed by atoms with Crippen LogP contribution in [0.2, 0.25) is 0 Å². The van der Waals surface area contributed by atoms with Crippen LogP contribution >= 0.6 is 11.3 Å². The molecule has 4 nitrogen and oxygen atoms in total. The van der Waals surface area contributed by atoms with E-state index in [0.717, 1.165) is 5.56 Å². The maximum Gasteiger partial charge on any atom is 0.252 e. The number of nitrogens with zero attached hydrogens (tertiary/aromatic N) is 1. The number of benzene rings is 1. The number of hydrogen-bond acceptors (Lipinski definition) is 4. The highest BCUT2D eigenvalue weighted by molar-refractivity contribution is 7.91. The topological polar surface area (TPSA) is 46.6 Å². The SMILES string of the molecule is CC(C)c1ccc(C2CN(S(=O)(=O)c3cccs3)CCO2)cc1. The number of hydrogen-bond donors (Lipinski definition) is 0. The van der Waals surface area contributed by atoms with Crippen molar-refractivity contribution < 1.29 is 13.2 Å². The van der Waals surface area contributed by atoms with E-state index in [9.17, 15) is 8.42 Å². The molecule has 124 valence electrons. The number of rotatable bonds is 4. The molecular weight excluding hydrogens is 330 g/mol. The van der Waals surface area contributed by atoms with Crippen LogP contribution in [0.4, 0.5) is 0 Å². The van der Waals surface area contributed by atoms with Gasteiger partial charge in [0, 0.05) is 13.1 Å². The van der Waals surface area contributed by atoms with Crippen LogP contribution in [0.1, 0.15) is 37.0 Å². The second kappa shape index (κ2) is 6.73. The Morgan fingerprint density at radius 1 is 1.22 bits per heavy atom. The minimum Gasteiger partial charge on any atom is -0.371 e. The number of thiophene rings is 1. The first-order valence-corrected chi connectivity index (χ1v) is 10.1. The third-order valence-corrected chi connectivity index (χ3v) is 7.33. The van der Waals surface area contributed by atoms with Gasteiger partial charge in [-0.2, -0.15) is 4.31 Å². The molecule has 1 aliphatic heterocycles. The fourth-order valence-electron chi connectivity index (χ4n) is 2.68. The van der Waals surface area contributed by atoms with Crippen molar-refractivity contribution in [3.63, 3.8) is 0 Å². The lowest BCUT2D eigenvalue weighted by Crippen LogP contribution is -2.41. The highest BCUT2D eigenvalue weighted by Crippen LogP contribution is 2.29. The lowest BCUT2D eigenvalue weighted by atomic mass is 10.00. The Kier molecular flexibility index (Phi) is 4.87. The molecular formula is C17H21NO3S2. The summed E-state index contributed by atoms with van der Waals surface area (Å²) >= 11 is 1.26. The standard InChI is InChI=1S/C17H21NO3S2/c1-13(2)14-5-7-15(8-6-14)16-12-18(9-10-21-16)23(19,20)17-4-3-11-22-17/h3-8,11,13,16H,9-10,12H2,1-2H3. The first-order chi connectivity index (χ1) is 11.0. The zero-order chi connectivity index (χ0) is 16.4. The van der Waals surface area contributed by atoms with E-state index in [2.05, 4.69) is 26.0 Å². The van der Waals surface area contributed by atoms with Gasteiger partial charge in [0.2, 0.25) is 0 Å². The Morgan fingerprint density at radius 3 is 2.57 bits per heavy atom. The second-order valence-electron chi connectivity index (χ2n) is 5.98. The number of morpholine rings is 1. The maximum atomic E-state index is 12.6. The van der Waals surface area contributed by atoms with Gasteiger partial charge in [0.05, 0.1) is 12.7 Å². The minimum atomic E-state index is -3.41. The van der Waals surface area contributed by atoms with Gasteiger partial charge < -0.3 is 4.74 Å². The Morgan fingerprint density at radius 2 is 1.96 bits per heavy atom. The average Bonchev–Trinajstić information content (AvgIpc) is 3.10. The lowest BCUT2D eigenvalue weighted by Gasteiger charge is -2.32. The summed E-state index contributed by atoms with van der Waals surface area (Å²) in [5, 5.41) is 1.79. The van der Waals surface area contributed by atoms with Crippen molar-refractivity contribution in [1.82, 2.24) is 4.31 Å². The highest BCUT2D eigenvalue weighted by atomic mass is 32.2. The van der Waals surface area contributed by atoms with E-state index >= 15 is 0 Å². The average molecular weight is 351 g/mol. The number of sulfonamides is 1. The summed E-state index contributed by atoms with van der Waals surface area (Å²) < 4.78 is 33.0. The van der Waals surface area contributed by atoms with Crippen LogP contribution in [-0.2, 0) is 14.8 Å². The summed E-state index contributed by atoms with van der Waals surface area (Å²) in [5.41, 5.74) is 2.30. The number of ether oxygens (including phenoxy) is 1. The molecule has 1 saturated heterocycles. The molecule has 1 unspecified atom stereocenters. The first-order valence-electron chi connectivity index (χ1n) is 7.73. The second-order valence-corrected chi connectivity index (χ2v) is 9.09. The highest BCUT2D eigenvalue weighted by Gasteiger charge is 2.32. The van der Waals surface area contributed by atoms with Crippen molar-refractivity contribution in [3.05, 3.63) is 52.9 Å². The normalized spacial score (nSPS) is 20.0. The third kappa shape index (κ3) is 3.50. The van der Waals surface area contributed by atoms with Gasteiger partial charge in [0.15, 0.2) is 0 Å². The zero-order valence-corrected chi connectivity index (χ0v) is 14.9. The van der Waals surface area contributed by atoms with Gasteiger partial charge in [-0.1, -0.05) is 44.2 Å². The van der Waals surface area contributed by atoms with Crippen LogP contribution < -0.4 is 0 Å². The quantitative estimate of drug-likeness (QED) is 0.845. The summed E-state index contributed by atoms with van der Waals surface area (Å²) in [6.45, 7) is 5.49. The van der Waals surface area contributed by atoms with Crippen molar-refractivity contribution in [3.8, 4) is 0 Å². The Hall–Kier alpha value is -1.21. The molecule has 0 aliphatic carbocycles. The molecule has 2 heterocycles. The fourth-order valence-corrected chi connectivity index (χ4v) is 5.25. The summed E-state index contributed by atoms with van der Waals surface area (Å²) in [6, 6.07) is 11.7. The zero-order valence-electron chi connectivity index (χ0n) is 13.3. The Labute approximate surface area is 141 Å². The van der Waals surface area contributed by atoms with Crippen molar-refractivity contribution in [1.29, 1.82) is 0 Å². The van der Waals surface area contributed by atoms with Crippen molar-refractivity contribution in [2.75, 3.05) is 19.7 Å². The van der Waals surface area contributed by atoms with Crippen LogP contribution in [0.5, 0.6) is 0 Å². The van der Waals surface area contributed by atoms with E-state index in [4.69, 9.17) is 4.74 Å². The summed E-state index contributed by atoms with van der Waals surface area (Å²) in [5.74, 6) is 0.479. The molecule has 23 heavy (non-hydrogen) atoms. The molecule has 0 radical (unpaired) electrons. The Balaban J connectivity index is 1.78. The van der Waals surface area contributed by atoms with Gasteiger partial charge in [-0.25, -0.2) is 8.42 Å². The fraction of sp³-hybridized carbons (Fsp3) is 0.412. The minimum absolute atomic E-state index is 0.209. The van der Waals surface area contributed by atoms with Gasteiger partial charge in [0.25, 0.3) is 10.0 Å². The van der Waals surface area contributed by atoms with E-state index in [-0.39, 0.29) is 6.10 Å². The van der Waals surface area contributed by atoms with Gasteiger partial charge in [-0.3, -0.25) is 0 Å². The largest absolute Gasteiger partial charge is 0.371 e. The molecule has 3 rings (SSSR count). The molecule has 0 bridgehead atoms. The molecule has 0 amide bonds. The molecule has 2 aromatic rings. The monoisotopic (exact) mass is 351 g/mol. The smallest absolute Gasteiger partial charge is 0.252 e. The lowest BCUT2D eigenvalue weighted by molar-refractivity contribution is -0.00250. The molecule has 1 aromatic heterocycles. The Bertz CT molecular complexity index is 737. The summed E-state index contributed by atoms with van der Waals surface area (Å²) in [6.07, 6.45) is -0.209. The van der Waals surface area contributed by atoms with E-state index in [0.29, 0.717) is 29.8 Å². The molecule has 0 saturated carbocycles. The van der Waals surface area contributed by atoms with Crippen molar-refractivity contribution in [2.45, 2.75) is 30.1 Å². The van der Waals surface area contributed by atoms with E-state index < -0.39 is 10.0 Å². The van der Waals surface area contributed by atoms with E-state index in [1.165, 1.54) is 21.2 Å². The summed E-state index contributed by atoms with van der Waals surface area (Å²) in [4.78, 5) is 0. The predicted octanol–water partition coefficient (Wildman–Crippen LogP) is 3.63. The molecule has 1 aliphatic rings. The molecule has 0 N–H and O–H groups in total. The van der Waals surface area contributed by atoms with Crippen LogP contribution in [0.3, 0.4) is 0 Å². The molecule has 0 spiro atoms. The van der Waals surface area contributed by atoms with Crippen LogP contribution in [0.25, 0.3) is 0 Å². The third-order valence-electron chi connectivity index (χ3n) is 4.09. The van der Waals surface area contributed by atoms with Gasteiger partial charge in [0.1, 0.15) is 4.21 Å². The van der Waals surface area contributed by atoms with Crippen molar-refractivity contribution >= 4 is 21.4 Å². The van der Waals surface area contributed by atoms with Crippen LogP contribution in [0, 0.1) is 0 Å². The van der Waals surface area contributed by atoms with Gasteiger partial charge in [-0.15, -0.1) is 11.3 Å². The van der Waals surface area contributed by atoms with Crippen LogP contribution in [0.15, 0.2) is 46.0 Å². The predicted molar refractivity (Wildman–Crippen MR) is 92.3 cm³/mol. The van der Waals surface area contributed by atoms with E-state index in [1.807, 2.05) is 12.1 Å². The summed E-state index contributed by atoms with van der Waals surface area (Å²) in [7, 11) is -3.41. The van der Waals surface area contributed by atoms with Gasteiger partial charge in [-0.05, 0) is 28.5 Å². The molecule has 6 heteroatoms. The van der Waals surface area contributed by atoms with Crippen molar-refractivity contribution in [2.24, 2.45) is 0 Å². The molecule has 1 fully saturated rings. The molecule has 1 aromatic carbocycles. The van der Waals surface area contributed by atoms with Crippen LogP contribution in [-0.4, -0.2) is 32.4 Å².